The number of piperidine rings is 1. The van der Waals surface area contributed by atoms with E-state index in [-0.39, 0.29) is 36.2 Å². The normalized spacial score (nSPS) is 18.2. The second-order valence-electron chi connectivity index (χ2n) is 11.4. The van der Waals surface area contributed by atoms with Crippen LogP contribution < -0.4 is 19.1 Å². The van der Waals surface area contributed by atoms with E-state index in [2.05, 4.69) is 6.92 Å². The van der Waals surface area contributed by atoms with Crippen LogP contribution in [-0.4, -0.2) is 65.8 Å². The summed E-state index contributed by atoms with van der Waals surface area (Å²) in [5, 5.41) is 4.92. The van der Waals surface area contributed by atoms with Crippen LogP contribution in [0, 0.1) is 5.92 Å². The molecule has 4 heterocycles. The number of amides is 2. The van der Waals surface area contributed by atoms with Crippen molar-refractivity contribution in [3.63, 3.8) is 0 Å². The number of methoxy groups -OCH3 is 1. The average molecular weight is 611 g/mol. The third kappa shape index (κ3) is 5.27. The molecule has 1 atom stereocenters. The Labute approximate surface area is 260 Å². The first-order valence-corrected chi connectivity index (χ1v) is 16.0. The third-order valence-electron chi connectivity index (χ3n) is 8.58. The molecule has 226 valence electrons. The maximum absolute atomic E-state index is 14.1. The molecule has 0 aliphatic carbocycles. The summed E-state index contributed by atoms with van der Waals surface area (Å²) in [5.74, 6) is 3.30. The van der Waals surface area contributed by atoms with Crippen LogP contribution in [0.5, 0.6) is 17.2 Å². The SMILES string of the molecule is COc1ccc(-n2nc(-c3ccccc3)c3c2N(CC(=O)N2CCC(C)CC2)C(=O)CS[C@@H]3c2ccc3c(c2)OCO3)cc1. The summed E-state index contributed by atoms with van der Waals surface area (Å²) in [5.41, 5.74) is 4.29. The Kier molecular flexibility index (Phi) is 7.68. The highest BCUT2D eigenvalue weighted by atomic mass is 32.2. The van der Waals surface area contributed by atoms with Crippen LogP contribution in [0.4, 0.5) is 5.82 Å². The fourth-order valence-corrected chi connectivity index (χ4v) is 7.25. The quantitative estimate of drug-likeness (QED) is 0.277. The molecule has 7 rings (SSSR count). The summed E-state index contributed by atoms with van der Waals surface area (Å²) in [6, 6.07) is 23.5. The predicted molar refractivity (Wildman–Crippen MR) is 170 cm³/mol. The topological polar surface area (TPSA) is 86.1 Å². The summed E-state index contributed by atoms with van der Waals surface area (Å²) in [6.07, 6.45) is 1.93. The molecule has 44 heavy (non-hydrogen) atoms. The molecule has 3 aliphatic heterocycles. The fraction of sp³-hybridized carbons (Fsp3) is 0.324. The monoisotopic (exact) mass is 610 g/mol. The summed E-state index contributed by atoms with van der Waals surface area (Å²) >= 11 is 1.54. The molecule has 10 heteroatoms. The van der Waals surface area contributed by atoms with Crippen LogP contribution in [0.3, 0.4) is 0 Å². The van der Waals surface area contributed by atoms with Crippen molar-refractivity contribution in [1.82, 2.24) is 14.7 Å². The first-order valence-electron chi connectivity index (χ1n) is 14.9. The van der Waals surface area contributed by atoms with Crippen molar-refractivity contribution in [3.05, 3.63) is 83.9 Å². The Bertz CT molecular complexity index is 1680. The Morgan fingerprint density at radius 2 is 1.75 bits per heavy atom. The molecular weight excluding hydrogens is 576 g/mol. The zero-order chi connectivity index (χ0) is 30.2. The van der Waals surface area contributed by atoms with E-state index < -0.39 is 0 Å². The van der Waals surface area contributed by atoms with Gasteiger partial charge in [-0.15, -0.1) is 11.8 Å². The first kappa shape index (κ1) is 28.3. The standard InChI is InChI=1S/C34H34N4O5S/c1-22-14-16-36(17-15-22)29(39)19-37-30(40)20-44-33(24-8-13-27-28(18-24)43-21-42-27)31-32(23-6-4-3-5-7-23)35-38(34(31)37)25-9-11-26(41-2)12-10-25/h3-13,18,22,33H,14-17,19-21H2,1-2H3/t33-/m1/s1. The molecule has 3 aliphatic rings. The number of anilines is 1. The maximum Gasteiger partial charge on any atom is 0.242 e. The van der Waals surface area contributed by atoms with Crippen molar-refractivity contribution in [2.45, 2.75) is 25.0 Å². The summed E-state index contributed by atoms with van der Waals surface area (Å²) in [7, 11) is 1.63. The predicted octanol–water partition coefficient (Wildman–Crippen LogP) is 5.70. The van der Waals surface area contributed by atoms with Gasteiger partial charge in [-0.1, -0.05) is 43.3 Å². The van der Waals surface area contributed by atoms with E-state index in [9.17, 15) is 9.59 Å². The lowest BCUT2D eigenvalue weighted by atomic mass is 9.98. The van der Waals surface area contributed by atoms with Crippen LogP contribution in [-0.2, 0) is 9.59 Å². The number of benzene rings is 3. The van der Waals surface area contributed by atoms with Crippen molar-refractivity contribution in [2.75, 3.05) is 44.2 Å². The van der Waals surface area contributed by atoms with Gasteiger partial charge in [0.05, 0.1) is 29.5 Å². The second-order valence-corrected chi connectivity index (χ2v) is 12.5. The Morgan fingerprint density at radius 3 is 2.50 bits per heavy atom. The molecule has 0 N–H and O–H groups in total. The van der Waals surface area contributed by atoms with Gasteiger partial charge in [0.15, 0.2) is 11.5 Å². The number of hydrogen-bond donors (Lipinski definition) is 0. The number of carbonyl (C=O) groups excluding carboxylic acids is 2. The van der Waals surface area contributed by atoms with Gasteiger partial charge >= 0.3 is 0 Å². The molecule has 0 spiro atoms. The van der Waals surface area contributed by atoms with Crippen LogP contribution >= 0.6 is 11.8 Å². The van der Waals surface area contributed by atoms with E-state index in [0.29, 0.717) is 42.1 Å². The number of carbonyl (C=O) groups is 2. The highest BCUT2D eigenvalue weighted by molar-refractivity contribution is 8.00. The van der Waals surface area contributed by atoms with Crippen molar-refractivity contribution >= 4 is 29.4 Å². The number of likely N-dealkylation sites (tertiary alicyclic amines) is 1. The van der Waals surface area contributed by atoms with Crippen LogP contribution in [0.25, 0.3) is 16.9 Å². The number of thioether (sulfide) groups is 1. The zero-order valence-corrected chi connectivity index (χ0v) is 25.6. The van der Waals surface area contributed by atoms with E-state index in [1.54, 1.807) is 12.0 Å². The zero-order valence-electron chi connectivity index (χ0n) is 24.8. The number of ether oxygens (including phenoxy) is 3. The minimum absolute atomic E-state index is 0.0496. The molecule has 3 aromatic carbocycles. The molecule has 0 saturated carbocycles. The van der Waals surface area contributed by atoms with Gasteiger partial charge in [0.2, 0.25) is 18.6 Å². The van der Waals surface area contributed by atoms with Crippen molar-refractivity contribution in [2.24, 2.45) is 5.92 Å². The molecule has 4 aromatic rings. The third-order valence-corrected chi connectivity index (χ3v) is 9.84. The Balaban J connectivity index is 1.42. The van der Waals surface area contributed by atoms with Crippen molar-refractivity contribution < 1.29 is 23.8 Å². The number of fused-ring (bicyclic) bond motifs is 2. The van der Waals surface area contributed by atoms with Gasteiger partial charge < -0.3 is 19.1 Å². The van der Waals surface area contributed by atoms with E-state index >= 15 is 0 Å². The molecule has 0 unspecified atom stereocenters. The van der Waals surface area contributed by atoms with Crippen LogP contribution in [0.1, 0.15) is 36.1 Å². The van der Waals surface area contributed by atoms with Gasteiger partial charge in [0, 0.05) is 24.2 Å². The number of hydrogen-bond acceptors (Lipinski definition) is 7. The Morgan fingerprint density at radius 1 is 1.00 bits per heavy atom. The molecule has 0 radical (unpaired) electrons. The van der Waals surface area contributed by atoms with Crippen molar-refractivity contribution in [1.29, 1.82) is 0 Å². The molecular formula is C34H34N4O5S. The van der Waals surface area contributed by atoms with E-state index in [1.807, 2.05) is 82.4 Å². The fourth-order valence-electron chi connectivity index (χ4n) is 6.06. The molecule has 1 saturated heterocycles. The summed E-state index contributed by atoms with van der Waals surface area (Å²) in [4.78, 5) is 31.4. The van der Waals surface area contributed by atoms with Crippen LogP contribution in [0.2, 0.25) is 0 Å². The van der Waals surface area contributed by atoms with Gasteiger partial charge in [-0.2, -0.15) is 5.10 Å². The number of rotatable bonds is 6. The van der Waals surface area contributed by atoms with Crippen molar-refractivity contribution in [3.8, 4) is 34.2 Å². The molecule has 1 fully saturated rings. The number of aromatic nitrogens is 2. The second kappa shape index (κ2) is 11.9. The van der Waals surface area contributed by atoms with E-state index in [4.69, 9.17) is 19.3 Å². The first-order chi connectivity index (χ1) is 21.5. The lowest BCUT2D eigenvalue weighted by molar-refractivity contribution is -0.132. The largest absolute Gasteiger partial charge is 0.497 e. The van der Waals surface area contributed by atoms with Crippen LogP contribution in [0.15, 0.2) is 72.8 Å². The van der Waals surface area contributed by atoms with Gasteiger partial charge in [-0.25, -0.2) is 4.68 Å². The molecule has 9 nitrogen and oxygen atoms in total. The summed E-state index contributed by atoms with van der Waals surface area (Å²) in [6.45, 7) is 3.76. The van der Waals surface area contributed by atoms with E-state index in [0.717, 1.165) is 40.9 Å². The smallest absolute Gasteiger partial charge is 0.242 e. The average Bonchev–Trinajstić information content (AvgIpc) is 3.66. The Hall–Kier alpha value is -4.44. The molecule has 1 aromatic heterocycles. The lowest BCUT2D eigenvalue weighted by Crippen LogP contribution is -2.46. The van der Waals surface area contributed by atoms with E-state index in [1.165, 1.54) is 11.8 Å². The highest BCUT2D eigenvalue weighted by Crippen LogP contribution is 2.50. The lowest BCUT2D eigenvalue weighted by Gasteiger charge is -2.32. The maximum atomic E-state index is 14.1. The van der Waals surface area contributed by atoms with Gasteiger partial charge in [-0.05, 0) is 60.7 Å². The minimum atomic E-state index is -0.262. The number of nitrogens with zero attached hydrogens (tertiary/aromatic N) is 4. The molecule has 0 bridgehead atoms. The van der Waals surface area contributed by atoms with Gasteiger partial charge in [0.25, 0.3) is 0 Å². The minimum Gasteiger partial charge on any atom is -0.497 e. The summed E-state index contributed by atoms with van der Waals surface area (Å²) < 4.78 is 18.6. The highest BCUT2D eigenvalue weighted by Gasteiger charge is 2.39. The van der Waals surface area contributed by atoms with Gasteiger partial charge in [-0.3, -0.25) is 14.5 Å². The molecule has 2 amide bonds. The van der Waals surface area contributed by atoms with Gasteiger partial charge in [0.1, 0.15) is 18.1 Å².